The summed E-state index contributed by atoms with van der Waals surface area (Å²) in [4.78, 5) is 22.7. The third-order valence-electron chi connectivity index (χ3n) is 9.09. The molecule has 1 atom stereocenters. The summed E-state index contributed by atoms with van der Waals surface area (Å²) in [7, 11) is 0. The zero-order valence-corrected chi connectivity index (χ0v) is 25.9. The smallest absolute Gasteiger partial charge is 0.309 e. The molecule has 7 rings (SSSR count). The number of amides is 1. The maximum absolute atomic E-state index is 13.1. The predicted molar refractivity (Wildman–Crippen MR) is 166 cm³/mol. The van der Waals surface area contributed by atoms with Crippen molar-refractivity contribution in [2.24, 2.45) is 4.99 Å². The number of pyridine rings is 1. The predicted octanol–water partition coefficient (Wildman–Crippen LogP) is 6.16. The van der Waals surface area contributed by atoms with Crippen molar-refractivity contribution >= 4 is 17.4 Å². The Kier molecular flexibility index (Phi) is 7.40. The number of hydrogen-bond donors (Lipinski definition) is 1. The highest BCUT2D eigenvalue weighted by Gasteiger charge is 2.29. The summed E-state index contributed by atoms with van der Waals surface area (Å²) in [6.07, 6.45) is 10.4. The summed E-state index contributed by atoms with van der Waals surface area (Å²) in [6, 6.07) is 8.96. The van der Waals surface area contributed by atoms with Crippen molar-refractivity contribution in [1.29, 1.82) is 0 Å². The molecule has 0 saturated carbocycles. The van der Waals surface area contributed by atoms with Crippen LogP contribution in [0.5, 0.6) is 0 Å². The highest BCUT2D eigenvalue weighted by Crippen LogP contribution is 2.38. The standard InChI is InChI=1S/C34H39N7O3/c1-20-27(19-36-41(20)23-12-15-43-16-13-23)29-18-26-24(11-14-35-30(26)37-29)22-9-10-25-21(17-22)7-5-6-8-28(25)38-31(42)32-39-40-33(44-32)34(2,3)4/h9-11,14,17,19,23,28H,5-8,12-13,15-16,18H2,1-4H3,(H,38,42)/t28-/m1/s1. The van der Waals surface area contributed by atoms with E-state index in [1.165, 1.54) is 5.56 Å². The molecule has 0 spiro atoms. The number of aryl methyl sites for hydroxylation is 1. The quantitative estimate of drug-likeness (QED) is 0.275. The number of aromatic nitrogens is 5. The molecule has 10 nitrogen and oxygen atoms in total. The van der Waals surface area contributed by atoms with Crippen molar-refractivity contribution in [2.45, 2.75) is 90.1 Å². The van der Waals surface area contributed by atoms with Gasteiger partial charge in [-0.15, -0.1) is 10.2 Å². The Morgan fingerprint density at radius 2 is 1.89 bits per heavy atom. The molecule has 1 N–H and O–H groups in total. The van der Waals surface area contributed by atoms with Crippen LogP contribution in [0.15, 0.2) is 46.1 Å². The van der Waals surface area contributed by atoms with Gasteiger partial charge in [-0.2, -0.15) is 5.10 Å². The number of rotatable bonds is 5. The average molecular weight is 594 g/mol. The number of ether oxygens (including phenoxy) is 1. The molecule has 3 aromatic heterocycles. The fourth-order valence-corrected chi connectivity index (χ4v) is 6.65. The van der Waals surface area contributed by atoms with Crippen molar-refractivity contribution in [3.05, 3.63) is 76.4 Å². The maximum Gasteiger partial charge on any atom is 0.309 e. The lowest BCUT2D eigenvalue weighted by Crippen LogP contribution is -2.29. The fraction of sp³-hybridized carbons (Fsp3) is 0.471. The van der Waals surface area contributed by atoms with E-state index in [-0.39, 0.29) is 23.3 Å². The minimum absolute atomic E-state index is 0.00836. The summed E-state index contributed by atoms with van der Waals surface area (Å²) in [5.41, 5.74) is 8.78. The second-order valence-electron chi connectivity index (χ2n) is 13.2. The third-order valence-corrected chi connectivity index (χ3v) is 9.09. The normalized spacial score (nSPS) is 18.8. The SMILES string of the molecule is Cc1c(C2=Nc3nccc(-c4ccc5c(c4)CCCC[C@H]5NC(=O)c4nnc(C(C)(C)C)o4)c3C2)cnn1C1CCOCC1. The molecular weight excluding hydrogens is 554 g/mol. The van der Waals surface area contributed by atoms with Crippen molar-refractivity contribution in [2.75, 3.05) is 13.2 Å². The van der Waals surface area contributed by atoms with Gasteiger partial charge in [0.2, 0.25) is 5.89 Å². The zero-order chi connectivity index (χ0) is 30.4. The van der Waals surface area contributed by atoms with Gasteiger partial charge in [-0.25, -0.2) is 9.98 Å². The number of hydrogen-bond acceptors (Lipinski definition) is 8. The van der Waals surface area contributed by atoms with Gasteiger partial charge in [-0.3, -0.25) is 9.48 Å². The largest absolute Gasteiger partial charge is 0.416 e. The summed E-state index contributed by atoms with van der Waals surface area (Å²) in [5, 5.41) is 16.0. The lowest BCUT2D eigenvalue weighted by atomic mass is 9.91. The Labute approximate surface area is 257 Å². The van der Waals surface area contributed by atoms with Gasteiger partial charge >= 0.3 is 11.8 Å². The van der Waals surface area contributed by atoms with Gasteiger partial charge in [0.05, 0.1) is 24.0 Å². The number of nitrogens with one attached hydrogen (secondary N) is 1. The highest BCUT2D eigenvalue weighted by molar-refractivity contribution is 6.08. The van der Waals surface area contributed by atoms with E-state index < -0.39 is 0 Å². The molecule has 44 heavy (non-hydrogen) atoms. The van der Waals surface area contributed by atoms with Crippen molar-refractivity contribution in [3.8, 4) is 11.1 Å². The average Bonchev–Trinajstić information content (AvgIpc) is 3.74. The van der Waals surface area contributed by atoms with E-state index in [4.69, 9.17) is 19.2 Å². The first kappa shape index (κ1) is 28.6. The van der Waals surface area contributed by atoms with E-state index >= 15 is 0 Å². The highest BCUT2D eigenvalue weighted by atomic mass is 16.5. The van der Waals surface area contributed by atoms with E-state index in [9.17, 15) is 4.79 Å². The molecule has 5 heterocycles. The molecule has 4 aromatic rings. The van der Waals surface area contributed by atoms with Gasteiger partial charge < -0.3 is 14.5 Å². The topological polar surface area (TPSA) is 120 Å². The first-order chi connectivity index (χ1) is 21.3. The van der Waals surface area contributed by atoms with Crippen LogP contribution in [0.3, 0.4) is 0 Å². The maximum atomic E-state index is 13.1. The van der Waals surface area contributed by atoms with Gasteiger partial charge in [-0.1, -0.05) is 45.4 Å². The molecule has 0 bridgehead atoms. The van der Waals surface area contributed by atoms with E-state index in [2.05, 4.69) is 56.4 Å². The number of benzene rings is 1. The Bertz CT molecular complexity index is 1740. The third kappa shape index (κ3) is 5.36. The van der Waals surface area contributed by atoms with Crippen LogP contribution in [-0.2, 0) is 23.0 Å². The van der Waals surface area contributed by atoms with E-state index in [1.807, 2.05) is 33.2 Å². The van der Waals surface area contributed by atoms with E-state index in [1.54, 1.807) is 0 Å². The van der Waals surface area contributed by atoms with Gasteiger partial charge in [0.15, 0.2) is 5.82 Å². The Hall–Kier alpha value is -4.18. The lowest BCUT2D eigenvalue weighted by molar-refractivity contribution is 0.0657. The van der Waals surface area contributed by atoms with Gasteiger partial charge in [0.1, 0.15) is 0 Å². The second kappa shape index (κ2) is 11.4. The van der Waals surface area contributed by atoms with Crippen molar-refractivity contribution in [3.63, 3.8) is 0 Å². The molecule has 3 aliphatic rings. The zero-order valence-electron chi connectivity index (χ0n) is 25.9. The van der Waals surface area contributed by atoms with E-state index in [0.29, 0.717) is 11.9 Å². The minimum atomic E-state index is -0.331. The van der Waals surface area contributed by atoms with Gasteiger partial charge in [0.25, 0.3) is 0 Å². The van der Waals surface area contributed by atoms with Gasteiger partial charge in [-0.05, 0) is 67.3 Å². The molecular formula is C34H39N7O3. The van der Waals surface area contributed by atoms with Crippen LogP contribution in [0, 0.1) is 6.92 Å². The first-order valence-corrected chi connectivity index (χ1v) is 15.7. The van der Waals surface area contributed by atoms with Crippen molar-refractivity contribution < 1.29 is 13.9 Å². The molecule has 10 heteroatoms. The molecule has 1 aliphatic carbocycles. The molecule has 1 aromatic carbocycles. The van der Waals surface area contributed by atoms with Crippen LogP contribution in [0.25, 0.3) is 11.1 Å². The summed E-state index contributed by atoms with van der Waals surface area (Å²) >= 11 is 0. The lowest BCUT2D eigenvalue weighted by Gasteiger charge is -2.23. The van der Waals surface area contributed by atoms with Crippen LogP contribution in [0.2, 0.25) is 0 Å². The monoisotopic (exact) mass is 593 g/mol. The molecule has 0 unspecified atom stereocenters. The second-order valence-corrected chi connectivity index (χ2v) is 13.2. The molecule has 1 saturated heterocycles. The molecule has 0 radical (unpaired) electrons. The molecule has 1 fully saturated rings. The number of aliphatic imine (C=N–C) groups is 1. The summed E-state index contributed by atoms with van der Waals surface area (Å²) in [6.45, 7) is 9.65. The number of carbonyl (C=O) groups is 1. The first-order valence-electron chi connectivity index (χ1n) is 15.7. The minimum Gasteiger partial charge on any atom is -0.416 e. The number of carbonyl (C=O) groups excluding carboxylic acids is 1. The Balaban J connectivity index is 1.12. The van der Waals surface area contributed by atoms with Crippen molar-refractivity contribution in [1.82, 2.24) is 30.3 Å². The molecule has 1 amide bonds. The van der Waals surface area contributed by atoms with Gasteiger partial charge in [0, 0.05) is 48.1 Å². The summed E-state index contributed by atoms with van der Waals surface area (Å²) < 4.78 is 13.4. The van der Waals surface area contributed by atoms with Crippen LogP contribution < -0.4 is 5.32 Å². The number of fused-ring (bicyclic) bond motifs is 2. The van der Waals surface area contributed by atoms with Crippen LogP contribution in [0.4, 0.5) is 5.82 Å². The van der Waals surface area contributed by atoms with Crippen LogP contribution >= 0.6 is 0 Å². The molecule has 228 valence electrons. The van der Waals surface area contributed by atoms with Crippen LogP contribution in [-0.4, -0.2) is 49.8 Å². The van der Waals surface area contributed by atoms with Crippen LogP contribution in [0.1, 0.15) is 109 Å². The Morgan fingerprint density at radius 3 is 2.68 bits per heavy atom. The fourth-order valence-electron chi connectivity index (χ4n) is 6.65. The number of nitrogens with zero attached hydrogens (tertiary/aromatic N) is 6. The summed E-state index contributed by atoms with van der Waals surface area (Å²) in [5.74, 6) is 0.912. The van der Waals surface area contributed by atoms with E-state index in [0.717, 1.165) is 103 Å². The molecule has 2 aliphatic heterocycles. The Morgan fingerprint density at radius 1 is 1.05 bits per heavy atom.